The summed E-state index contributed by atoms with van der Waals surface area (Å²) >= 11 is 6.04. The lowest BCUT2D eigenvalue weighted by Gasteiger charge is -2.34. The molecule has 2 atom stereocenters. The normalized spacial score (nSPS) is 12.6. The summed E-state index contributed by atoms with van der Waals surface area (Å²) in [6.45, 7) is 5.46. The van der Waals surface area contributed by atoms with Crippen LogP contribution in [0.5, 0.6) is 0 Å². The predicted molar refractivity (Wildman–Crippen MR) is 176 cm³/mol. The summed E-state index contributed by atoms with van der Waals surface area (Å²) < 4.78 is 29.1. The van der Waals surface area contributed by atoms with Gasteiger partial charge in [0.05, 0.1) is 10.6 Å². The number of hydrogen-bond donors (Lipinski definition) is 1. The van der Waals surface area contributed by atoms with E-state index in [1.54, 1.807) is 30.3 Å². The molecule has 4 aromatic carbocycles. The van der Waals surface area contributed by atoms with Gasteiger partial charge in [-0.2, -0.15) is 0 Å². The van der Waals surface area contributed by atoms with E-state index in [2.05, 4.69) is 5.32 Å². The first-order chi connectivity index (χ1) is 21.1. The third kappa shape index (κ3) is 8.27. The van der Waals surface area contributed by atoms with E-state index in [0.29, 0.717) is 10.7 Å². The van der Waals surface area contributed by atoms with Gasteiger partial charge in [-0.3, -0.25) is 13.9 Å². The van der Waals surface area contributed by atoms with Crippen LogP contribution in [0.2, 0.25) is 5.02 Å². The molecule has 230 valence electrons. The van der Waals surface area contributed by atoms with Gasteiger partial charge in [0.1, 0.15) is 12.6 Å². The third-order valence-electron chi connectivity index (χ3n) is 7.60. The second-order valence-corrected chi connectivity index (χ2v) is 13.1. The highest BCUT2D eigenvalue weighted by molar-refractivity contribution is 7.92. The minimum absolute atomic E-state index is 0.000596. The molecule has 7 nitrogen and oxygen atoms in total. The topological polar surface area (TPSA) is 86.8 Å². The average molecular weight is 632 g/mol. The van der Waals surface area contributed by atoms with Crippen LogP contribution in [0.15, 0.2) is 114 Å². The van der Waals surface area contributed by atoms with E-state index in [9.17, 15) is 18.0 Å². The molecule has 4 aromatic rings. The molecular weight excluding hydrogens is 594 g/mol. The smallest absolute Gasteiger partial charge is 0.264 e. The Morgan fingerprint density at radius 1 is 0.841 bits per heavy atom. The summed E-state index contributed by atoms with van der Waals surface area (Å²) in [5, 5.41) is 3.45. The molecule has 1 N–H and O–H groups in total. The van der Waals surface area contributed by atoms with E-state index in [4.69, 9.17) is 11.6 Å². The van der Waals surface area contributed by atoms with Crippen LogP contribution < -0.4 is 9.62 Å². The van der Waals surface area contributed by atoms with Crippen LogP contribution in [-0.2, 0) is 32.6 Å². The maximum absolute atomic E-state index is 14.5. The zero-order chi connectivity index (χ0) is 31.7. The van der Waals surface area contributed by atoms with E-state index in [-0.39, 0.29) is 29.8 Å². The fraction of sp³-hybridized carbons (Fsp3) is 0.257. The molecule has 44 heavy (non-hydrogen) atoms. The Hall–Kier alpha value is -4.14. The van der Waals surface area contributed by atoms with Gasteiger partial charge in [-0.25, -0.2) is 8.42 Å². The van der Waals surface area contributed by atoms with Crippen molar-refractivity contribution in [3.05, 3.63) is 131 Å². The molecule has 2 unspecified atom stereocenters. The Balaban J connectivity index is 1.80. The monoisotopic (exact) mass is 631 g/mol. The number of rotatable bonds is 13. The van der Waals surface area contributed by atoms with Crippen molar-refractivity contribution in [2.75, 3.05) is 10.8 Å². The van der Waals surface area contributed by atoms with Gasteiger partial charge in [-0.1, -0.05) is 91.3 Å². The second kappa shape index (κ2) is 15.0. The third-order valence-corrected chi connectivity index (χ3v) is 9.64. The molecular formula is C35H38ClN3O4S. The first-order valence-corrected chi connectivity index (χ1v) is 16.4. The van der Waals surface area contributed by atoms with E-state index < -0.39 is 28.5 Å². The summed E-state index contributed by atoms with van der Waals surface area (Å²) in [6, 6.07) is 30.5. The fourth-order valence-electron chi connectivity index (χ4n) is 4.82. The van der Waals surface area contributed by atoms with Crippen LogP contribution in [0.1, 0.15) is 37.0 Å². The standard InChI is InChI=1S/C35H38ClN3O4S/c1-4-27(3)37-35(41)33(23-28-14-7-5-8-15-28)38(24-29-16-12-11-13-26(29)2)34(40)25-39(31-17-9-6-10-18-31)44(42,43)32-21-19-30(36)20-22-32/h5-22,27,33H,4,23-25H2,1-3H3,(H,37,41). The summed E-state index contributed by atoms with van der Waals surface area (Å²) in [7, 11) is -4.18. The van der Waals surface area contributed by atoms with Crippen molar-refractivity contribution >= 4 is 39.1 Å². The van der Waals surface area contributed by atoms with Crippen molar-refractivity contribution in [2.24, 2.45) is 0 Å². The number of nitrogens with one attached hydrogen (secondary N) is 1. The van der Waals surface area contributed by atoms with Crippen LogP contribution >= 0.6 is 11.6 Å². The van der Waals surface area contributed by atoms with Crippen LogP contribution in [-0.4, -0.2) is 43.8 Å². The van der Waals surface area contributed by atoms with Gasteiger partial charge < -0.3 is 10.2 Å². The van der Waals surface area contributed by atoms with Gasteiger partial charge in [0, 0.05) is 24.0 Å². The maximum Gasteiger partial charge on any atom is 0.264 e. The summed E-state index contributed by atoms with van der Waals surface area (Å²) in [6.07, 6.45) is 0.979. The zero-order valence-electron chi connectivity index (χ0n) is 25.2. The first-order valence-electron chi connectivity index (χ1n) is 14.6. The molecule has 0 aliphatic carbocycles. The number of anilines is 1. The molecule has 0 fully saturated rings. The minimum Gasteiger partial charge on any atom is -0.352 e. The van der Waals surface area contributed by atoms with Crippen molar-refractivity contribution in [1.82, 2.24) is 10.2 Å². The number of carbonyl (C=O) groups is 2. The van der Waals surface area contributed by atoms with E-state index in [1.807, 2.05) is 75.4 Å². The van der Waals surface area contributed by atoms with Gasteiger partial charge in [0.15, 0.2) is 0 Å². The number of nitrogens with zero attached hydrogens (tertiary/aromatic N) is 2. The van der Waals surface area contributed by atoms with Gasteiger partial charge >= 0.3 is 0 Å². The number of halogens is 1. The van der Waals surface area contributed by atoms with Crippen molar-refractivity contribution in [3.8, 4) is 0 Å². The van der Waals surface area contributed by atoms with Gasteiger partial charge in [-0.05, 0) is 73.4 Å². The number of amides is 2. The lowest BCUT2D eigenvalue weighted by atomic mass is 10.0. The highest BCUT2D eigenvalue weighted by Crippen LogP contribution is 2.26. The molecule has 0 aromatic heterocycles. The van der Waals surface area contributed by atoms with E-state index in [0.717, 1.165) is 27.4 Å². The fourth-order valence-corrected chi connectivity index (χ4v) is 6.36. The highest BCUT2D eigenvalue weighted by atomic mass is 35.5. The van der Waals surface area contributed by atoms with Crippen molar-refractivity contribution in [2.45, 2.75) is 57.1 Å². The molecule has 0 radical (unpaired) electrons. The van der Waals surface area contributed by atoms with Crippen LogP contribution in [0, 0.1) is 6.92 Å². The molecule has 0 spiro atoms. The largest absolute Gasteiger partial charge is 0.352 e. The van der Waals surface area contributed by atoms with Crippen LogP contribution in [0.25, 0.3) is 0 Å². The summed E-state index contributed by atoms with van der Waals surface area (Å²) in [4.78, 5) is 29.9. The van der Waals surface area contributed by atoms with Gasteiger partial charge in [0.2, 0.25) is 11.8 Å². The SMILES string of the molecule is CCC(C)NC(=O)C(Cc1ccccc1)N(Cc1ccccc1C)C(=O)CN(c1ccccc1)S(=O)(=O)c1ccc(Cl)cc1. The molecule has 4 rings (SSSR count). The zero-order valence-corrected chi connectivity index (χ0v) is 26.8. The highest BCUT2D eigenvalue weighted by Gasteiger charge is 2.35. The second-order valence-electron chi connectivity index (χ2n) is 10.8. The number of carbonyl (C=O) groups excluding carboxylic acids is 2. The number of hydrogen-bond acceptors (Lipinski definition) is 4. The molecule has 9 heteroatoms. The Kier molecular flexibility index (Phi) is 11.2. The van der Waals surface area contributed by atoms with Crippen LogP contribution in [0.4, 0.5) is 5.69 Å². The molecule has 2 amide bonds. The Morgan fingerprint density at radius 3 is 2.05 bits per heavy atom. The molecule has 0 aliphatic heterocycles. The Bertz CT molecular complexity index is 1650. The van der Waals surface area contributed by atoms with Crippen molar-refractivity contribution in [1.29, 1.82) is 0 Å². The summed E-state index contributed by atoms with van der Waals surface area (Å²) in [5.41, 5.74) is 3.03. The Morgan fingerprint density at radius 2 is 1.43 bits per heavy atom. The lowest BCUT2D eigenvalue weighted by Crippen LogP contribution is -2.54. The lowest BCUT2D eigenvalue weighted by molar-refractivity contribution is -0.140. The van der Waals surface area contributed by atoms with Gasteiger partial charge in [-0.15, -0.1) is 0 Å². The van der Waals surface area contributed by atoms with Crippen molar-refractivity contribution in [3.63, 3.8) is 0 Å². The molecule has 0 saturated heterocycles. The van der Waals surface area contributed by atoms with E-state index >= 15 is 0 Å². The molecule has 0 bridgehead atoms. The Labute approximate surface area is 265 Å². The number of benzene rings is 4. The number of aryl methyl sites for hydroxylation is 1. The number of para-hydroxylation sites is 1. The average Bonchev–Trinajstić information content (AvgIpc) is 3.03. The molecule has 0 aliphatic rings. The number of sulfonamides is 1. The van der Waals surface area contributed by atoms with Crippen molar-refractivity contribution < 1.29 is 18.0 Å². The quantitative estimate of drug-likeness (QED) is 0.185. The van der Waals surface area contributed by atoms with Gasteiger partial charge in [0.25, 0.3) is 10.0 Å². The maximum atomic E-state index is 14.5. The minimum atomic E-state index is -4.18. The van der Waals surface area contributed by atoms with E-state index in [1.165, 1.54) is 29.2 Å². The molecule has 0 saturated carbocycles. The first kappa shape index (κ1) is 32.8. The molecule has 0 heterocycles. The van der Waals surface area contributed by atoms with Crippen LogP contribution in [0.3, 0.4) is 0 Å². The predicted octanol–water partition coefficient (Wildman–Crippen LogP) is 6.40. The summed E-state index contributed by atoms with van der Waals surface area (Å²) in [5.74, 6) is -0.799.